The maximum Gasteiger partial charge on any atom is 0.240 e. The largest absolute Gasteiger partial charge is 0.385 e. The maximum atomic E-state index is 5.42. The van der Waals surface area contributed by atoms with Gasteiger partial charge in [-0.1, -0.05) is 25.4 Å². The van der Waals surface area contributed by atoms with Gasteiger partial charge in [0.2, 0.25) is 5.89 Å². The predicted octanol–water partition coefficient (Wildman–Crippen LogP) is 3.05. The number of hydrogen-bond acceptors (Lipinski definition) is 5. The molecular formula is C16H29N3O2. The molecule has 1 saturated heterocycles. The highest BCUT2D eigenvalue weighted by Gasteiger charge is 2.24. The topological polar surface area (TPSA) is 51.4 Å². The fourth-order valence-corrected chi connectivity index (χ4v) is 2.90. The van der Waals surface area contributed by atoms with Gasteiger partial charge in [0.05, 0.1) is 6.54 Å². The van der Waals surface area contributed by atoms with E-state index in [-0.39, 0.29) is 0 Å². The van der Waals surface area contributed by atoms with Gasteiger partial charge in [-0.2, -0.15) is 4.98 Å². The lowest BCUT2D eigenvalue weighted by molar-refractivity contribution is 0.0882. The molecule has 0 N–H and O–H groups in total. The molecule has 1 atom stereocenters. The standard InChI is InChI=1S/C16H29N3O2/c1-13(2)7-8-15-17-16(21-18-15)12-19-10-5-4-6-14(19)9-11-20-3/h13-14H,4-12H2,1-3H3/t14-/m0/s1. The second-order valence-corrected chi connectivity index (χ2v) is 6.44. The Labute approximate surface area is 128 Å². The van der Waals surface area contributed by atoms with Crippen LogP contribution in [0.25, 0.3) is 0 Å². The van der Waals surface area contributed by atoms with Crippen molar-refractivity contribution in [3.63, 3.8) is 0 Å². The summed E-state index contributed by atoms with van der Waals surface area (Å²) in [4.78, 5) is 7.01. The van der Waals surface area contributed by atoms with Crippen molar-refractivity contribution in [3.8, 4) is 0 Å². The number of aryl methyl sites for hydroxylation is 1. The molecule has 0 bridgehead atoms. The van der Waals surface area contributed by atoms with Crippen molar-refractivity contribution in [3.05, 3.63) is 11.7 Å². The molecule has 0 saturated carbocycles. The van der Waals surface area contributed by atoms with Crippen LogP contribution in [0, 0.1) is 5.92 Å². The van der Waals surface area contributed by atoms with E-state index in [2.05, 4.69) is 28.9 Å². The van der Waals surface area contributed by atoms with Gasteiger partial charge in [-0.05, 0) is 38.1 Å². The number of aromatic nitrogens is 2. The number of nitrogens with zero attached hydrogens (tertiary/aromatic N) is 3. The van der Waals surface area contributed by atoms with Crippen molar-refractivity contribution in [1.82, 2.24) is 15.0 Å². The monoisotopic (exact) mass is 295 g/mol. The normalized spacial score (nSPS) is 20.3. The quantitative estimate of drug-likeness (QED) is 0.738. The molecule has 0 aliphatic carbocycles. The van der Waals surface area contributed by atoms with Crippen LogP contribution in [0.2, 0.25) is 0 Å². The first-order valence-corrected chi connectivity index (χ1v) is 8.23. The predicted molar refractivity (Wildman–Crippen MR) is 82.0 cm³/mol. The van der Waals surface area contributed by atoms with Gasteiger partial charge in [-0.25, -0.2) is 0 Å². The highest BCUT2D eigenvalue weighted by molar-refractivity contribution is 4.89. The molecule has 1 aromatic heterocycles. The fraction of sp³-hybridized carbons (Fsp3) is 0.875. The van der Waals surface area contributed by atoms with Crippen LogP contribution in [0.1, 0.15) is 57.7 Å². The summed E-state index contributed by atoms with van der Waals surface area (Å²) >= 11 is 0. The third-order valence-electron chi connectivity index (χ3n) is 4.20. The zero-order valence-electron chi connectivity index (χ0n) is 13.7. The summed E-state index contributed by atoms with van der Waals surface area (Å²) < 4.78 is 10.6. The fourth-order valence-electron chi connectivity index (χ4n) is 2.90. The molecule has 1 aliphatic heterocycles. The van der Waals surface area contributed by atoms with Crippen LogP contribution in [0.15, 0.2) is 4.52 Å². The first-order valence-electron chi connectivity index (χ1n) is 8.23. The second kappa shape index (κ2) is 8.49. The Morgan fingerprint density at radius 2 is 2.24 bits per heavy atom. The van der Waals surface area contributed by atoms with Crippen LogP contribution >= 0.6 is 0 Å². The van der Waals surface area contributed by atoms with Crippen LogP contribution in [-0.2, 0) is 17.7 Å². The van der Waals surface area contributed by atoms with Gasteiger partial charge in [0.25, 0.3) is 0 Å². The summed E-state index contributed by atoms with van der Waals surface area (Å²) in [5.74, 6) is 2.29. The van der Waals surface area contributed by atoms with E-state index in [1.54, 1.807) is 7.11 Å². The van der Waals surface area contributed by atoms with Crippen molar-refractivity contribution >= 4 is 0 Å². The highest BCUT2D eigenvalue weighted by atomic mass is 16.5. The molecule has 0 radical (unpaired) electrons. The molecule has 120 valence electrons. The first kappa shape index (κ1) is 16.4. The lowest BCUT2D eigenvalue weighted by Crippen LogP contribution is -2.39. The zero-order chi connectivity index (χ0) is 15.1. The summed E-state index contributed by atoms with van der Waals surface area (Å²) in [6.07, 6.45) is 6.93. The second-order valence-electron chi connectivity index (χ2n) is 6.44. The van der Waals surface area contributed by atoms with Gasteiger partial charge in [0.1, 0.15) is 0 Å². The van der Waals surface area contributed by atoms with Crippen LogP contribution in [-0.4, -0.2) is 41.3 Å². The molecule has 0 spiro atoms. The lowest BCUT2D eigenvalue weighted by atomic mass is 10.00. The number of hydrogen-bond donors (Lipinski definition) is 0. The number of likely N-dealkylation sites (tertiary alicyclic amines) is 1. The third kappa shape index (κ3) is 5.40. The van der Waals surface area contributed by atoms with E-state index in [4.69, 9.17) is 9.26 Å². The summed E-state index contributed by atoms with van der Waals surface area (Å²) in [6.45, 7) is 7.16. The van der Waals surface area contributed by atoms with Crippen molar-refractivity contribution in [2.45, 2.75) is 65.0 Å². The van der Waals surface area contributed by atoms with E-state index in [0.29, 0.717) is 12.0 Å². The van der Waals surface area contributed by atoms with E-state index in [1.165, 1.54) is 19.3 Å². The van der Waals surface area contributed by atoms with Crippen molar-refractivity contribution in [2.75, 3.05) is 20.3 Å². The van der Waals surface area contributed by atoms with Crippen LogP contribution < -0.4 is 0 Å². The lowest BCUT2D eigenvalue weighted by Gasteiger charge is -2.34. The van der Waals surface area contributed by atoms with E-state index < -0.39 is 0 Å². The summed E-state index contributed by atoms with van der Waals surface area (Å²) in [5.41, 5.74) is 0. The Hall–Kier alpha value is -0.940. The van der Waals surface area contributed by atoms with Crippen LogP contribution in [0.4, 0.5) is 0 Å². The van der Waals surface area contributed by atoms with Gasteiger partial charge in [0.15, 0.2) is 5.82 Å². The molecule has 2 heterocycles. The molecule has 5 heteroatoms. The Kier molecular flexibility index (Phi) is 6.64. The van der Waals surface area contributed by atoms with Gasteiger partial charge < -0.3 is 9.26 Å². The van der Waals surface area contributed by atoms with Crippen LogP contribution in [0.3, 0.4) is 0 Å². The Morgan fingerprint density at radius 1 is 1.38 bits per heavy atom. The summed E-state index contributed by atoms with van der Waals surface area (Å²) in [5, 5.41) is 4.10. The van der Waals surface area contributed by atoms with Crippen molar-refractivity contribution in [1.29, 1.82) is 0 Å². The number of ether oxygens (including phenoxy) is 1. The summed E-state index contributed by atoms with van der Waals surface area (Å²) in [6, 6.07) is 0.588. The molecular weight excluding hydrogens is 266 g/mol. The molecule has 2 rings (SSSR count). The highest BCUT2D eigenvalue weighted by Crippen LogP contribution is 2.21. The minimum Gasteiger partial charge on any atom is -0.385 e. The number of methoxy groups -OCH3 is 1. The van der Waals surface area contributed by atoms with Crippen molar-refractivity contribution < 1.29 is 9.26 Å². The summed E-state index contributed by atoms with van der Waals surface area (Å²) in [7, 11) is 1.77. The molecule has 5 nitrogen and oxygen atoms in total. The smallest absolute Gasteiger partial charge is 0.240 e. The maximum absolute atomic E-state index is 5.42. The van der Waals surface area contributed by atoms with E-state index in [9.17, 15) is 0 Å². The van der Waals surface area contributed by atoms with E-state index in [0.717, 1.165) is 50.7 Å². The molecule has 1 aliphatic rings. The molecule has 21 heavy (non-hydrogen) atoms. The molecule has 1 fully saturated rings. The Balaban J connectivity index is 1.86. The Morgan fingerprint density at radius 3 is 3.00 bits per heavy atom. The van der Waals surface area contributed by atoms with E-state index >= 15 is 0 Å². The minimum atomic E-state index is 0.588. The van der Waals surface area contributed by atoms with Gasteiger partial charge >= 0.3 is 0 Å². The first-order chi connectivity index (χ1) is 10.2. The zero-order valence-corrected chi connectivity index (χ0v) is 13.7. The number of piperidine rings is 1. The SMILES string of the molecule is COCC[C@@H]1CCCCN1Cc1nc(CCC(C)C)no1. The molecule has 0 amide bonds. The average Bonchev–Trinajstić information content (AvgIpc) is 2.92. The van der Waals surface area contributed by atoms with Gasteiger partial charge in [0, 0.05) is 26.2 Å². The Bertz CT molecular complexity index is 406. The van der Waals surface area contributed by atoms with E-state index in [1.807, 2.05) is 0 Å². The number of rotatable bonds is 8. The average molecular weight is 295 g/mol. The van der Waals surface area contributed by atoms with Crippen LogP contribution in [0.5, 0.6) is 0 Å². The molecule has 0 unspecified atom stereocenters. The van der Waals surface area contributed by atoms with Crippen molar-refractivity contribution in [2.24, 2.45) is 5.92 Å². The molecule has 1 aromatic rings. The van der Waals surface area contributed by atoms with Gasteiger partial charge in [-0.15, -0.1) is 0 Å². The third-order valence-corrected chi connectivity index (χ3v) is 4.20. The molecule has 0 aromatic carbocycles. The minimum absolute atomic E-state index is 0.588. The van der Waals surface area contributed by atoms with Gasteiger partial charge in [-0.3, -0.25) is 4.90 Å².